The van der Waals surface area contributed by atoms with Crippen molar-refractivity contribution in [3.05, 3.63) is 137 Å². The summed E-state index contributed by atoms with van der Waals surface area (Å²) in [7, 11) is 0. The lowest BCUT2D eigenvalue weighted by Gasteiger charge is -2.31. The van der Waals surface area contributed by atoms with Gasteiger partial charge in [-0.05, 0) is 75.9 Å². The largest absolute Gasteiger partial charge is 0.399 e. The van der Waals surface area contributed by atoms with Gasteiger partial charge in [-0.3, -0.25) is 0 Å². The molecule has 0 fully saturated rings. The van der Waals surface area contributed by atoms with Gasteiger partial charge >= 0.3 is 0 Å². The molecular formula is C32H26N2. The van der Waals surface area contributed by atoms with E-state index in [0.717, 1.165) is 39.3 Å². The summed E-state index contributed by atoms with van der Waals surface area (Å²) in [4.78, 5) is 2.28. The molecule has 0 saturated heterocycles. The summed E-state index contributed by atoms with van der Waals surface area (Å²) < 4.78 is 0. The molecule has 164 valence electrons. The van der Waals surface area contributed by atoms with E-state index in [1.54, 1.807) is 0 Å². The predicted octanol–water partition coefficient (Wildman–Crippen LogP) is 7.80. The van der Waals surface area contributed by atoms with Crippen LogP contribution in [0.25, 0.3) is 16.7 Å². The van der Waals surface area contributed by atoms with Crippen LogP contribution in [0.1, 0.15) is 36.1 Å². The van der Waals surface area contributed by atoms with Crippen molar-refractivity contribution < 1.29 is 0 Å². The van der Waals surface area contributed by atoms with Crippen LogP contribution in [0.15, 0.2) is 115 Å². The fourth-order valence-electron chi connectivity index (χ4n) is 5.30. The Bertz CT molecular complexity index is 1530. The number of anilines is 3. The zero-order valence-electron chi connectivity index (χ0n) is 19.5. The van der Waals surface area contributed by atoms with Gasteiger partial charge in [0.2, 0.25) is 0 Å². The Morgan fingerprint density at radius 2 is 1.79 bits per heavy atom. The van der Waals surface area contributed by atoms with Gasteiger partial charge in [0.15, 0.2) is 0 Å². The van der Waals surface area contributed by atoms with Gasteiger partial charge in [-0.1, -0.05) is 69.0 Å². The van der Waals surface area contributed by atoms with E-state index in [0.29, 0.717) is 0 Å². The molecule has 0 bridgehead atoms. The monoisotopic (exact) mass is 438 g/mol. The van der Waals surface area contributed by atoms with Crippen molar-refractivity contribution in [1.82, 2.24) is 0 Å². The van der Waals surface area contributed by atoms with Gasteiger partial charge in [0.1, 0.15) is 0 Å². The molecule has 3 aromatic rings. The summed E-state index contributed by atoms with van der Waals surface area (Å²) in [6.07, 6.45) is 10.6. The van der Waals surface area contributed by atoms with Crippen LogP contribution in [0.4, 0.5) is 17.1 Å². The Hall–Kier alpha value is -4.26. The fourth-order valence-corrected chi connectivity index (χ4v) is 5.30. The van der Waals surface area contributed by atoms with E-state index in [9.17, 15) is 0 Å². The number of allylic oxidation sites excluding steroid dienone is 7. The van der Waals surface area contributed by atoms with E-state index >= 15 is 0 Å². The van der Waals surface area contributed by atoms with Crippen LogP contribution in [0.2, 0.25) is 0 Å². The molecule has 2 aliphatic carbocycles. The molecule has 0 spiro atoms. The number of hydrogen-bond acceptors (Lipinski definition) is 2. The minimum Gasteiger partial charge on any atom is -0.399 e. The average molecular weight is 439 g/mol. The topological polar surface area (TPSA) is 29.3 Å². The minimum atomic E-state index is -0.143. The van der Waals surface area contributed by atoms with Gasteiger partial charge < -0.3 is 10.6 Å². The molecular weight excluding hydrogens is 412 g/mol. The Morgan fingerprint density at radius 1 is 0.941 bits per heavy atom. The number of nitrogens with zero attached hydrogens (tertiary/aromatic N) is 1. The third-order valence-corrected chi connectivity index (χ3v) is 7.09. The maximum absolute atomic E-state index is 6.24. The number of nitrogen functional groups attached to an aromatic ring is 1. The van der Waals surface area contributed by atoms with Crippen LogP contribution in [0.3, 0.4) is 0 Å². The summed E-state index contributed by atoms with van der Waals surface area (Å²) in [5.74, 6) is 0. The molecule has 0 amide bonds. The summed E-state index contributed by atoms with van der Waals surface area (Å²) >= 11 is 0. The van der Waals surface area contributed by atoms with Crippen LogP contribution in [-0.2, 0) is 5.41 Å². The van der Waals surface area contributed by atoms with E-state index < -0.39 is 0 Å². The summed E-state index contributed by atoms with van der Waals surface area (Å²) in [6, 6.07) is 23.4. The number of rotatable bonds is 2. The second-order valence-corrected chi connectivity index (χ2v) is 9.58. The van der Waals surface area contributed by atoms with Gasteiger partial charge in [0.25, 0.3) is 0 Å². The lowest BCUT2D eigenvalue weighted by atomic mass is 9.82. The van der Waals surface area contributed by atoms with Crippen molar-refractivity contribution in [2.24, 2.45) is 0 Å². The normalized spacial score (nSPS) is 20.4. The van der Waals surface area contributed by atoms with E-state index in [4.69, 9.17) is 5.73 Å². The average Bonchev–Trinajstić information content (AvgIpc) is 3.43. The van der Waals surface area contributed by atoms with Crippen molar-refractivity contribution in [1.29, 1.82) is 0 Å². The van der Waals surface area contributed by atoms with Gasteiger partial charge in [-0.2, -0.15) is 0 Å². The second-order valence-electron chi connectivity index (χ2n) is 9.58. The molecule has 3 aliphatic rings. The van der Waals surface area contributed by atoms with Gasteiger partial charge in [0.05, 0.1) is 5.69 Å². The highest BCUT2D eigenvalue weighted by Crippen LogP contribution is 2.52. The molecule has 0 aromatic heterocycles. The van der Waals surface area contributed by atoms with Crippen molar-refractivity contribution in [3.8, 4) is 0 Å². The summed E-state index contributed by atoms with van der Waals surface area (Å²) in [6.45, 7) is 9.12. The standard InChI is InChI=1S/C32H26N2/c1-21-17-28-27-13-6-7-14-29(27)32(2,3)30(28)20-34(25-12-8-11-24(33)19-25)31-18-23(15-16-26(21)31)22-9-4-5-10-22/h4-9,11-20H,1,33H2,2-3H3/b28-17-,30-20+. The number of hydrogen-bond donors (Lipinski definition) is 1. The Kier molecular flexibility index (Phi) is 4.42. The zero-order chi connectivity index (χ0) is 23.4. The zero-order valence-corrected chi connectivity index (χ0v) is 19.5. The molecule has 34 heavy (non-hydrogen) atoms. The Morgan fingerprint density at radius 3 is 2.59 bits per heavy atom. The Balaban J connectivity index is 1.66. The molecule has 0 saturated carbocycles. The van der Waals surface area contributed by atoms with Gasteiger partial charge in [-0.15, -0.1) is 5.73 Å². The fraction of sp³-hybridized carbons (Fsp3) is 0.0938. The highest BCUT2D eigenvalue weighted by Gasteiger charge is 2.39. The third kappa shape index (κ3) is 3.04. The maximum atomic E-state index is 6.24. The molecule has 1 aliphatic heterocycles. The summed E-state index contributed by atoms with van der Waals surface area (Å²) in [5.41, 5.74) is 21.7. The van der Waals surface area contributed by atoms with Crippen LogP contribution >= 0.6 is 0 Å². The smallest absolute Gasteiger partial charge is 0.0540 e. The second kappa shape index (κ2) is 7.38. The first-order chi connectivity index (χ1) is 16.4. The minimum absolute atomic E-state index is 0.143. The van der Waals surface area contributed by atoms with E-state index in [2.05, 4.69) is 97.9 Å². The van der Waals surface area contributed by atoms with Crippen LogP contribution < -0.4 is 10.6 Å². The van der Waals surface area contributed by atoms with Crippen LogP contribution in [-0.4, -0.2) is 0 Å². The first-order valence-electron chi connectivity index (χ1n) is 11.6. The van der Waals surface area contributed by atoms with E-state index in [1.165, 1.54) is 22.3 Å². The Labute approximate surface area is 201 Å². The van der Waals surface area contributed by atoms with Crippen molar-refractivity contribution in [2.75, 3.05) is 10.6 Å². The molecule has 0 unspecified atom stereocenters. The number of fused-ring (bicyclic) bond motifs is 4. The molecule has 2 heteroatoms. The first-order valence-corrected chi connectivity index (χ1v) is 11.6. The third-order valence-electron chi connectivity index (χ3n) is 7.09. The molecule has 0 radical (unpaired) electrons. The van der Waals surface area contributed by atoms with E-state index in [-0.39, 0.29) is 5.41 Å². The molecule has 2 N–H and O–H groups in total. The van der Waals surface area contributed by atoms with Crippen molar-refractivity contribution in [3.63, 3.8) is 0 Å². The van der Waals surface area contributed by atoms with Gasteiger partial charge in [-0.25, -0.2) is 0 Å². The van der Waals surface area contributed by atoms with Crippen LogP contribution in [0, 0.1) is 0 Å². The number of benzene rings is 3. The lowest BCUT2D eigenvalue weighted by Crippen LogP contribution is -2.20. The summed E-state index contributed by atoms with van der Waals surface area (Å²) in [5, 5.41) is 0. The first kappa shape index (κ1) is 20.4. The van der Waals surface area contributed by atoms with E-state index in [1.807, 2.05) is 30.4 Å². The quantitative estimate of drug-likeness (QED) is 0.327. The van der Waals surface area contributed by atoms with Gasteiger partial charge in [0, 0.05) is 34.1 Å². The maximum Gasteiger partial charge on any atom is 0.0540 e. The van der Waals surface area contributed by atoms with Crippen molar-refractivity contribution >= 4 is 33.8 Å². The highest BCUT2D eigenvalue weighted by molar-refractivity contribution is 6.00. The number of nitrogens with two attached hydrogens (primary N) is 1. The molecule has 0 atom stereocenters. The molecule has 1 heterocycles. The lowest BCUT2D eigenvalue weighted by molar-refractivity contribution is 0.658. The predicted molar refractivity (Wildman–Crippen MR) is 145 cm³/mol. The molecule has 3 aromatic carbocycles. The van der Waals surface area contributed by atoms with Crippen LogP contribution in [0.5, 0.6) is 0 Å². The molecule has 6 rings (SSSR count). The molecule has 2 nitrogen and oxygen atoms in total. The van der Waals surface area contributed by atoms with Crippen molar-refractivity contribution in [2.45, 2.75) is 19.3 Å². The SMILES string of the molecule is C=C1/C=C2\C(=C/N(c3cccc(N)c3)c3cc(C4=C=CC=C4)ccc31)C(C)(C)c1ccccc12. The highest BCUT2D eigenvalue weighted by atomic mass is 15.1.